The van der Waals surface area contributed by atoms with Gasteiger partial charge in [-0.3, -0.25) is 4.79 Å². The molecule has 1 aromatic rings. The van der Waals surface area contributed by atoms with Gasteiger partial charge in [0, 0.05) is 26.8 Å². The van der Waals surface area contributed by atoms with Crippen molar-refractivity contribution in [2.45, 2.75) is 19.4 Å². The lowest BCUT2D eigenvalue weighted by molar-refractivity contribution is -0.140. The highest BCUT2D eigenvalue weighted by Crippen LogP contribution is 2.20. The predicted molar refractivity (Wildman–Crippen MR) is 80.1 cm³/mol. The topological polar surface area (TPSA) is 90.2 Å². The van der Waals surface area contributed by atoms with Gasteiger partial charge in [0.15, 0.2) is 0 Å². The number of carboxylic acid groups (broad SMARTS) is 1. The molecule has 1 aromatic carbocycles. The molecule has 7 heteroatoms. The number of nitriles is 1. The molecular weight excluding hydrogens is 392 g/mol. The Kier molecular flexibility index (Phi) is 6.17. The van der Waals surface area contributed by atoms with Crippen molar-refractivity contribution in [3.8, 4) is 6.07 Å². The van der Waals surface area contributed by atoms with E-state index in [4.69, 9.17) is 10.4 Å². The van der Waals surface area contributed by atoms with Crippen LogP contribution in [0, 0.1) is 17.2 Å². The molecule has 0 fully saturated rings. The molecule has 2 atom stereocenters. The molecule has 0 bridgehead atoms. The van der Waals surface area contributed by atoms with Crippen LogP contribution >= 0.6 is 31.9 Å². The number of aliphatic carboxylic acids is 1. The quantitative estimate of drug-likeness (QED) is 0.790. The van der Waals surface area contributed by atoms with Gasteiger partial charge in [-0.15, -0.1) is 0 Å². The maximum Gasteiger partial charge on any atom is 0.326 e. The number of hydrogen-bond donors (Lipinski definition) is 2. The van der Waals surface area contributed by atoms with Crippen molar-refractivity contribution in [1.82, 2.24) is 5.32 Å². The molecular formula is C13H12Br2N2O3. The molecule has 0 aliphatic carbocycles. The van der Waals surface area contributed by atoms with Gasteiger partial charge in [-0.25, -0.2) is 4.79 Å². The Labute approximate surface area is 133 Å². The van der Waals surface area contributed by atoms with Crippen LogP contribution in [0.5, 0.6) is 0 Å². The highest BCUT2D eigenvalue weighted by atomic mass is 79.9. The van der Waals surface area contributed by atoms with Crippen LogP contribution in [0.2, 0.25) is 0 Å². The average molecular weight is 404 g/mol. The van der Waals surface area contributed by atoms with E-state index in [2.05, 4.69) is 37.2 Å². The van der Waals surface area contributed by atoms with Crippen LogP contribution in [0.25, 0.3) is 0 Å². The molecule has 0 saturated heterocycles. The fourth-order valence-corrected chi connectivity index (χ4v) is 2.91. The number of nitrogens with one attached hydrogen (secondary N) is 1. The minimum Gasteiger partial charge on any atom is -0.480 e. The van der Waals surface area contributed by atoms with Crippen molar-refractivity contribution >= 4 is 43.7 Å². The van der Waals surface area contributed by atoms with Gasteiger partial charge in [-0.1, -0.05) is 38.8 Å². The molecule has 0 unspecified atom stereocenters. The fraction of sp³-hybridized carbons (Fsp3) is 0.308. The summed E-state index contributed by atoms with van der Waals surface area (Å²) in [4.78, 5) is 23.2. The lowest BCUT2D eigenvalue weighted by Crippen LogP contribution is -2.45. The summed E-state index contributed by atoms with van der Waals surface area (Å²) in [5, 5.41) is 20.2. The molecule has 106 valence electrons. The van der Waals surface area contributed by atoms with Crippen molar-refractivity contribution in [3.05, 3.63) is 32.7 Å². The highest BCUT2D eigenvalue weighted by Gasteiger charge is 2.26. The van der Waals surface area contributed by atoms with Crippen LogP contribution in [0.15, 0.2) is 27.1 Å². The minimum absolute atomic E-state index is 0.0550. The normalized spacial score (nSPS) is 13.1. The molecule has 0 heterocycles. The van der Waals surface area contributed by atoms with Crippen LogP contribution in [-0.2, 0) is 4.79 Å². The second-order valence-corrected chi connectivity index (χ2v) is 6.12. The number of nitrogens with zero attached hydrogens (tertiary/aromatic N) is 1. The Bertz CT molecular complexity index is 549. The van der Waals surface area contributed by atoms with Crippen LogP contribution in [0.3, 0.4) is 0 Å². The second-order valence-electron chi connectivity index (χ2n) is 4.29. The van der Waals surface area contributed by atoms with Crippen molar-refractivity contribution < 1.29 is 14.7 Å². The molecule has 5 nitrogen and oxygen atoms in total. The van der Waals surface area contributed by atoms with E-state index in [1.807, 2.05) is 6.07 Å². The number of halogens is 2. The van der Waals surface area contributed by atoms with E-state index in [9.17, 15) is 9.59 Å². The molecule has 2 N–H and O–H groups in total. The van der Waals surface area contributed by atoms with E-state index in [0.29, 0.717) is 14.5 Å². The SMILES string of the molecule is C[C@@H](CC#N)[C@H](NC(=O)c1cc(Br)cc(Br)c1)C(=O)O. The van der Waals surface area contributed by atoms with E-state index in [0.717, 1.165) is 0 Å². The van der Waals surface area contributed by atoms with Crippen LogP contribution < -0.4 is 5.32 Å². The molecule has 1 rings (SSSR count). The van der Waals surface area contributed by atoms with E-state index in [-0.39, 0.29) is 6.42 Å². The van der Waals surface area contributed by atoms with Gasteiger partial charge in [-0.05, 0) is 18.2 Å². The van der Waals surface area contributed by atoms with Crippen LogP contribution in [-0.4, -0.2) is 23.0 Å². The number of amides is 1. The summed E-state index contributed by atoms with van der Waals surface area (Å²) < 4.78 is 1.41. The van der Waals surface area contributed by atoms with E-state index < -0.39 is 23.8 Å². The zero-order valence-corrected chi connectivity index (χ0v) is 13.7. The van der Waals surface area contributed by atoms with Crippen molar-refractivity contribution in [2.24, 2.45) is 5.92 Å². The van der Waals surface area contributed by atoms with Crippen molar-refractivity contribution in [1.29, 1.82) is 5.26 Å². The van der Waals surface area contributed by atoms with Gasteiger partial charge in [0.1, 0.15) is 6.04 Å². The predicted octanol–water partition coefficient (Wildman–Crippen LogP) is 2.94. The first-order chi connectivity index (χ1) is 9.35. The summed E-state index contributed by atoms with van der Waals surface area (Å²) >= 11 is 6.52. The van der Waals surface area contributed by atoms with Crippen LogP contribution in [0.4, 0.5) is 0 Å². The first-order valence-corrected chi connectivity index (χ1v) is 7.30. The smallest absolute Gasteiger partial charge is 0.326 e. The Morgan fingerprint density at radius 3 is 2.35 bits per heavy atom. The van der Waals surface area contributed by atoms with E-state index >= 15 is 0 Å². The molecule has 0 aliphatic heterocycles. The van der Waals surface area contributed by atoms with Gasteiger partial charge >= 0.3 is 5.97 Å². The number of hydrogen-bond acceptors (Lipinski definition) is 3. The van der Waals surface area contributed by atoms with Crippen molar-refractivity contribution in [3.63, 3.8) is 0 Å². The standard InChI is InChI=1S/C13H12Br2N2O3/c1-7(2-3-16)11(13(19)20)17-12(18)8-4-9(14)6-10(15)5-8/h4-7,11H,2H2,1H3,(H,17,18)(H,19,20)/t7-,11-/m0/s1. The summed E-state index contributed by atoms with van der Waals surface area (Å²) in [6.45, 7) is 1.61. The number of benzene rings is 1. The maximum absolute atomic E-state index is 12.1. The number of rotatable bonds is 5. The lowest BCUT2D eigenvalue weighted by atomic mass is 9.98. The van der Waals surface area contributed by atoms with E-state index in [1.54, 1.807) is 25.1 Å². The molecule has 0 saturated carbocycles. The van der Waals surface area contributed by atoms with Crippen LogP contribution in [0.1, 0.15) is 23.7 Å². The third-order valence-electron chi connectivity index (χ3n) is 2.66. The Morgan fingerprint density at radius 1 is 1.35 bits per heavy atom. The Balaban J connectivity index is 2.91. The maximum atomic E-state index is 12.1. The largest absolute Gasteiger partial charge is 0.480 e. The lowest BCUT2D eigenvalue weighted by Gasteiger charge is -2.19. The molecule has 1 amide bonds. The van der Waals surface area contributed by atoms with Gasteiger partial charge in [0.2, 0.25) is 0 Å². The fourth-order valence-electron chi connectivity index (χ4n) is 1.62. The van der Waals surface area contributed by atoms with E-state index in [1.165, 1.54) is 0 Å². The summed E-state index contributed by atoms with van der Waals surface area (Å²) in [6.07, 6.45) is 0.0550. The second kappa shape index (κ2) is 7.41. The third kappa shape index (κ3) is 4.62. The van der Waals surface area contributed by atoms with Gasteiger partial charge in [0.05, 0.1) is 6.07 Å². The summed E-state index contributed by atoms with van der Waals surface area (Å²) in [7, 11) is 0. The first-order valence-electron chi connectivity index (χ1n) is 5.72. The molecule has 20 heavy (non-hydrogen) atoms. The summed E-state index contributed by atoms with van der Waals surface area (Å²) in [5.74, 6) is -2.13. The zero-order valence-electron chi connectivity index (χ0n) is 10.6. The Hall–Kier alpha value is -1.39. The van der Waals surface area contributed by atoms with Gasteiger partial charge in [0.25, 0.3) is 5.91 Å². The molecule has 0 spiro atoms. The van der Waals surface area contributed by atoms with Crippen molar-refractivity contribution in [2.75, 3.05) is 0 Å². The summed E-state index contributed by atoms with van der Waals surface area (Å²) in [6, 6.07) is 5.76. The number of carboxylic acids is 1. The number of carbonyl (C=O) groups excluding carboxylic acids is 1. The van der Waals surface area contributed by atoms with Gasteiger partial charge in [-0.2, -0.15) is 5.26 Å². The molecule has 0 radical (unpaired) electrons. The molecule has 0 aliphatic rings. The first kappa shape index (κ1) is 16.7. The Morgan fingerprint density at radius 2 is 1.90 bits per heavy atom. The monoisotopic (exact) mass is 402 g/mol. The van der Waals surface area contributed by atoms with Gasteiger partial charge < -0.3 is 10.4 Å². The number of carbonyl (C=O) groups is 2. The highest BCUT2D eigenvalue weighted by molar-refractivity contribution is 9.11. The third-order valence-corrected chi connectivity index (χ3v) is 3.58. The average Bonchev–Trinajstić information content (AvgIpc) is 2.34. The molecule has 0 aromatic heterocycles. The minimum atomic E-state index is -1.16. The summed E-state index contributed by atoms with van der Waals surface area (Å²) in [5.41, 5.74) is 0.335. The zero-order chi connectivity index (χ0) is 15.3.